The molecule has 0 radical (unpaired) electrons. The minimum absolute atomic E-state index is 0.231. The average molecular weight is 701 g/mol. The summed E-state index contributed by atoms with van der Waals surface area (Å²) in [7, 11) is 1.65. The molecular weight excluding hydrogens is 661 g/mol. The van der Waals surface area contributed by atoms with Crippen LogP contribution in [-0.4, -0.2) is 84.9 Å². The van der Waals surface area contributed by atoms with E-state index in [4.69, 9.17) is 9.84 Å². The van der Waals surface area contributed by atoms with Crippen LogP contribution < -0.4 is 15.1 Å². The fourth-order valence-electron chi connectivity index (χ4n) is 6.73. The van der Waals surface area contributed by atoms with E-state index in [1.165, 1.54) is 15.9 Å². The Morgan fingerprint density at radius 2 is 1.73 bits per heavy atom. The first-order chi connectivity index (χ1) is 24.4. The van der Waals surface area contributed by atoms with Gasteiger partial charge in [-0.25, -0.2) is 4.68 Å². The molecule has 2 atom stereocenters. The number of carbonyl (C=O) groups is 3. The third-order valence-corrected chi connectivity index (χ3v) is 9.31. The first-order valence-corrected chi connectivity index (χ1v) is 16.7. The molecule has 10 nitrogen and oxygen atoms in total. The normalized spacial score (nSPS) is 17.9. The molecular formula is C38H39F3N6O4. The lowest BCUT2D eigenvalue weighted by Gasteiger charge is -2.38. The van der Waals surface area contributed by atoms with Gasteiger partial charge in [-0.1, -0.05) is 43.0 Å². The van der Waals surface area contributed by atoms with Crippen molar-refractivity contribution in [1.82, 2.24) is 20.0 Å². The molecule has 1 N–H and O–H groups in total. The number of alkyl halides is 3. The van der Waals surface area contributed by atoms with Gasteiger partial charge in [-0.15, -0.1) is 0 Å². The second kappa shape index (κ2) is 14.5. The number of aryl methyl sites for hydroxylation is 1. The van der Waals surface area contributed by atoms with Gasteiger partial charge in [0.15, 0.2) is 0 Å². The van der Waals surface area contributed by atoms with Gasteiger partial charge >= 0.3 is 6.18 Å². The monoisotopic (exact) mass is 700 g/mol. The smallest absolute Gasteiger partial charge is 0.379 e. The van der Waals surface area contributed by atoms with Crippen LogP contribution in [0.25, 0.3) is 5.69 Å². The fourth-order valence-corrected chi connectivity index (χ4v) is 6.73. The summed E-state index contributed by atoms with van der Waals surface area (Å²) < 4.78 is 47.8. The fraction of sp³-hybridized carbons (Fsp3) is 0.316. The topological polar surface area (TPSA) is 100 Å². The van der Waals surface area contributed by atoms with E-state index < -0.39 is 35.5 Å². The van der Waals surface area contributed by atoms with Crippen LogP contribution in [0.3, 0.4) is 0 Å². The highest BCUT2D eigenvalue weighted by molar-refractivity contribution is 6.06. The number of benzene rings is 3. The molecule has 0 saturated carbocycles. The van der Waals surface area contributed by atoms with E-state index in [-0.39, 0.29) is 18.0 Å². The largest absolute Gasteiger partial charge is 0.416 e. The molecule has 1 aromatic heterocycles. The highest BCUT2D eigenvalue weighted by Gasteiger charge is 2.46. The summed E-state index contributed by atoms with van der Waals surface area (Å²) in [6.45, 7) is 10.9. The first kappa shape index (κ1) is 35.6. The number of para-hydroxylation sites is 1. The average Bonchev–Trinajstić information content (AvgIpc) is 3.47. The summed E-state index contributed by atoms with van der Waals surface area (Å²) in [5.41, 5.74) is 2.30. The van der Waals surface area contributed by atoms with Crippen molar-refractivity contribution in [1.29, 1.82) is 0 Å². The number of ether oxygens (including phenoxy) is 1. The summed E-state index contributed by atoms with van der Waals surface area (Å²) >= 11 is 0. The Kier molecular flexibility index (Phi) is 10.1. The number of hydrogen-bond acceptors (Lipinski definition) is 6. The number of amides is 3. The zero-order chi connectivity index (χ0) is 36.4. The maximum absolute atomic E-state index is 14.5. The number of halogens is 3. The number of fused-ring (bicyclic) bond motifs is 1. The van der Waals surface area contributed by atoms with Crippen molar-refractivity contribution < 1.29 is 32.3 Å². The van der Waals surface area contributed by atoms with Crippen LogP contribution in [0.1, 0.15) is 45.6 Å². The second-order valence-electron chi connectivity index (χ2n) is 12.6. The number of aromatic nitrogens is 2. The molecule has 1 fully saturated rings. The predicted octanol–water partition coefficient (Wildman–Crippen LogP) is 5.35. The number of anilines is 2. The number of nitrogens with one attached hydrogen (secondary N) is 1. The Morgan fingerprint density at radius 1 is 1.02 bits per heavy atom. The van der Waals surface area contributed by atoms with Crippen molar-refractivity contribution >= 4 is 29.2 Å². The van der Waals surface area contributed by atoms with Gasteiger partial charge in [-0.05, 0) is 61.9 Å². The van der Waals surface area contributed by atoms with Crippen LogP contribution in [0, 0.1) is 6.92 Å². The SMILES string of the molecule is C=C(CN1CCOCC1)C(=O)N(C)c1cccc([C@H]2c3c(C)nn(-c4ccccc4)c3N(CC)C(=O)[C@@H]2NC(=O)c2cccc(C(F)(F)F)c2)c1. The molecule has 2 aliphatic rings. The standard InChI is InChI=1S/C38H39F3N6O4/c1-5-46-35-31(25(3)43-47(35)29-14-7-6-8-15-29)32(33(37(46)50)42-34(48)27-12-9-13-28(21-27)38(39,40)41)26-11-10-16-30(22-26)44(4)36(49)24(2)23-45-17-19-51-20-18-45/h6-16,21-22,32-33H,2,5,17-20,23H2,1,3-4H3,(H,42,48)/t32-,33+/m0/s1. The maximum atomic E-state index is 14.5. The molecule has 2 aliphatic heterocycles. The first-order valence-electron chi connectivity index (χ1n) is 16.7. The van der Waals surface area contributed by atoms with E-state index in [1.54, 1.807) is 42.9 Å². The lowest BCUT2D eigenvalue weighted by molar-refractivity contribution is -0.137. The van der Waals surface area contributed by atoms with Gasteiger partial charge in [0.05, 0.1) is 30.2 Å². The van der Waals surface area contributed by atoms with E-state index in [9.17, 15) is 27.6 Å². The molecule has 1 saturated heterocycles. The van der Waals surface area contributed by atoms with Crippen LogP contribution in [0.4, 0.5) is 24.7 Å². The third kappa shape index (κ3) is 7.17. The molecule has 3 amide bonds. The molecule has 0 unspecified atom stereocenters. The van der Waals surface area contributed by atoms with E-state index >= 15 is 0 Å². The summed E-state index contributed by atoms with van der Waals surface area (Å²) in [4.78, 5) is 46.9. The molecule has 51 heavy (non-hydrogen) atoms. The van der Waals surface area contributed by atoms with E-state index in [1.807, 2.05) is 37.3 Å². The van der Waals surface area contributed by atoms with E-state index in [0.717, 1.165) is 23.9 Å². The van der Waals surface area contributed by atoms with Gasteiger partial charge in [-0.2, -0.15) is 18.3 Å². The molecule has 0 aliphatic carbocycles. The van der Waals surface area contributed by atoms with Crippen molar-refractivity contribution in [3.8, 4) is 5.69 Å². The van der Waals surface area contributed by atoms with Crippen molar-refractivity contribution in [2.75, 3.05) is 56.2 Å². The Balaban J connectivity index is 1.42. The van der Waals surface area contributed by atoms with Gasteiger partial charge in [0, 0.05) is 61.5 Å². The number of likely N-dealkylation sites (N-methyl/N-ethyl adjacent to an activating group) is 2. The summed E-state index contributed by atoms with van der Waals surface area (Å²) in [6.07, 6.45) is -4.66. The molecule has 0 spiro atoms. The van der Waals surface area contributed by atoms with Crippen molar-refractivity contribution in [3.05, 3.63) is 119 Å². The van der Waals surface area contributed by atoms with E-state index in [0.29, 0.717) is 66.7 Å². The highest BCUT2D eigenvalue weighted by atomic mass is 19.4. The number of morpholine rings is 1. The lowest BCUT2D eigenvalue weighted by atomic mass is 9.80. The van der Waals surface area contributed by atoms with Gasteiger partial charge in [0.1, 0.15) is 11.9 Å². The summed E-state index contributed by atoms with van der Waals surface area (Å²) in [5, 5.41) is 7.62. The molecule has 266 valence electrons. The molecule has 0 bridgehead atoms. The number of nitrogens with zero attached hydrogens (tertiary/aromatic N) is 5. The second-order valence-corrected chi connectivity index (χ2v) is 12.6. The summed E-state index contributed by atoms with van der Waals surface area (Å²) in [5.74, 6) is -1.86. The highest BCUT2D eigenvalue weighted by Crippen LogP contribution is 2.44. The Morgan fingerprint density at radius 3 is 2.41 bits per heavy atom. The molecule has 3 aromatic carbocycles. The molecule has 13 heteroatoms. The lowest BCUT2D eigenvalue weighted by Crippen LogP contribution is -2.55. The minimum atomic E-state index is -4.66. The zero-order valence-corrected chi connectivity index (χ0v) is 28.6. The Hall–Kier alpha value is -5.27. The summed E-state index contributed by atoms with van der Waals surface area (Å²) in [6, 6.07) is 19.3. The molecule has 6 rings (SSSR count). The van der Waals surface area contributed by atoms with E-state index in [2.05, 4.69) is 16.8 Å². The van der Waals surface area contributed by atoms with Crippen LogP contribution in [0.15, 0.2) is 91.0 Å². The van der Waals surface area contributed by atoms with Gasteiger partial charge in [0.25, 0.3) is 17.7 Å². The maximum Gasteiger partial charge on any atom is 0.416 e. The van der Waals surface area contributed by atoms with Crippen molar-refractivity contribution in [2.24, 2.45) is 0 Å². The molecule has 3 heterocycles. The van der Waals surface area contributed by atoms with Crippen LogP contribution in [0.5, 0.6) is 0 Å². The van der Waals surface area contributed by atoms with Crippen molar-refractivity contribution in [3.63, 3.8) is 0 Å². The van der Waals surface area contributed by atoms with Crippen molar-refractivity contribution in [2.45, 2.75) is 32.0 Å². The van der Waals surface area contributed by atoms with Gasteiger partial charge in [-0.3, -0.25) is 24.2 Å². The number of hydrogen-bond donors (Lipinski definition) is 1. The van der Waals surface area contributed by atoms with Crippen LogP contribution in [0.2, 0.25) is 0 Å². The zero-order valence-electron chi connectivity index (χ0n) is 28.6. The van der Waals surface area contributed by atoms with Crippen LogP contribution in [-0.2, 0) is 20.5 Å². The minimum Gasteiger partial charge on any atom is -0.379 e. The number of rotatable bonds is 9. The third-order valence-electron chi connectivity index (χ3n) is 9.31. The van der Waals surface area contributed by atoms with Gasteiger partial charge in [0.2, 0.25) is 0 Å². The van der Waals surface area contributed by atoms with Crippen LogP contribution >= 0.6 is 0 Å². The van der Waals surface area contributed by atoms with Gasteiger partial charge < -0.3 is 15.0 Å². The Labute approximate surface area is 294 Å². The quantitative estimate of drug-likeness (QED) is 0.237. The number of carbonyl (C=O) groups excluding carboxylic acids is 3. The predicted molar refractivity (Wildman–Crippen MR) is 187 cm³/mol. The molecule has 4 aromatic rings. The Bertz CT molecular complexity index is 1950.